The summed E-state index contributed by atoms with van der Waals surface area (Å²) in [5.41, 5.74) is 0.0676. The van der Waals surface area contributed by atoms with Crippen molar-refractivity contribution in [3.05, 3.63) is 145 Å². The Morgan fingerprint density at radius 1 is 1.31 bits per heavy atom. The zero-order valence-electron chi connectivity index (χ0n) is 29.2. The molecular weight excluding hydrogens is 621 g/mol. The van der Waals surface area contributed by atoms with Gasteiger partial charge in [-0.25, -0.2) is 5.71 Å². The van der Waals surface area contributed by atoms with Crippen molar-refractivity contribution in [2.24, 2.45) is 0 Å². The number of hydrogen-bond donors (Lipinski definition) is 0. The zero-order chi connectivity index (χ0) is 33.4. The zero-order valence-corrected chi connectivity index (χ0v) is 22.6. The fraction of sp³-hybridized carbons (Fsp3) is 0.125. The van der Waals surface area contributed by atoms with Gasteiger partial charge in [0.1, 0.15) is 5.58 Å². The van der Waals surface area contributed by atoms with Crippen molar-refractivity contribution in [2.45, 2.75) is 26.7 Å². The fourth-order valence-corrected chi connectivity index (χ4v) is 2.80. The van der Waals surface area contributed by atoms with E-state index in [-0.39, 0.29) is 65.3 Å². The van der Waals surface area contributed by atoms with E-state index in [1.54, 1.807) is 30.6 Å². The number of aryl methyl sites for hydroxylation is 1. The van der Waals surface area contributed by atoms with Gasteiger partial charge in [0.15, 0.2) is 0 Å². The van der Waals surface area contributed by atoms with Crippen molar-refractivity contribution in [2.75, 3.05) is 0 Å². The molecule has 2 aromatic carbocycles. The molecule has 0 unspecified atom stereocenters. The van der Waals surface area contributed by atoms with Crippen LogP contribution in [-0.2, 0) is 20.1 Å². The van der Waals surface area contributed by atoms with Gasteiger partial charge >= 0.3 is 20.1 Å². The summed E-state index contributed by atoms with van der Waals surface area (Å²) in [6.45, 7) is 12.4. The molecule has 0 amide bonds. The van der Waals surface area contributed by atoms with Gasteiger partial charge in [0.25, 0.3) is 0 Å². The number of nitrogens with zero attached hydrogens (tertiary/aromatic N) is 2. The summed E-state index contributed by atoms with van der Waals surface area (Å²) in [4.78, 5) is 3.85. The number of benzene rings is 2. The van der Waals surface area contributed by atoms with Gasteiger partial charge in [0.05, 0.1) is 8.22 Å². The number of rotatable bonds is 6. The van der Waals surface area contributed by atoms with Crippen molar-refractivity contribution < 1.29 is 36.9 Å². The number of allylic oxidation sites excluding steroid dienone is 7. The average molecular weight is 661 g/mol. The Kier molecular flexibility index (Phi) is 8.36. The molecule has 2 aromatic heterocycles. The van der Waals surface area contributed by atoms with E-state index in [1.165, 1.54) is 25.5 Å². The maximum absolute atomic E-state index is 10.6. The molecule has 0 aliphatic carbocycles. The first-order valence-corrected chi connectivity index (χ1v) is 10.5. The average Bonchev–Trinajstić information content (AvgIpc) is 3.39. The van der Waals surface area contributed by atoms with Crippen LogP contribution < -0.4 is 0 Å². The number of pyridine rings is 1. The van der Waals surface area contributed by atoms with E-state index in [2.05, 4.69) is 30.3 Å². The predicted octanol–water partition coefficient (Wildman–Crippen LogP) is 8.72. The van der Waals surface area contributed by atoms with Crippen LogP contribution >= 0.6 is 0 Å². The molecule has 0 aliphatic heterocycles. The molecule has 4 aromatic rings. The summed E-state index contributed by atoms with van der Waals surface area (Å²) >= 11 is 0. The first-order valence-electron chi connectivity index (χ1n) is 15.1. The molecule has 0 bridgehead atoms. The van der Waals surface area contributed by atoms with Crippen molar-refractivity contribution in [3.63, 3.8) is 0 Å². The van der Waals surface area contributed by atoms with Crippen LogP contribution in [0.5, 0.6) is 0 Å². The Labute approximate surface area is 241 Å². The molecule has 0 fully saturated rings. The van der Waals surface area contributed by atoms with Crippen molar-refractivity contribution >= 4 is 27.7 Å². The molecule has 0 aliphatic rings. The minimum Gasteiger partial charge on any atom is -0.855 e. The number of aromatic nitrogens is 1. The van der Waals surface area contributed by atoms with Gasteiger partial charge in [-0.05, 0) is 43.5 Å². The van der Waals surface area contributed by atoms with Crippen molar-refractivity contribution in [1.29, 1.82) is 0 Å². The van der Waals surface area contributed by atoms with E-state index in [0.717, 1.165) is 0 Å². The fourth-order valence-electron chi connectivity index (χ4n) is 2.80. The second kappa shape index (κ2) is 16.1. The van der Waals surface area contributed by atoms with Gasteiger partial charge in [0.2, 0.25) is 0 Å². The second-order valence-corrected chi connectivity index (χ2v) is 7.11. The topological polar surface area (TPSA) is 48.3 Å². The van der Waals surface area contributed by atoms with E-state index < -0.39 is 41.8 Å². The molecule has 0 saturated heterocycles. The minimum absolute atomic E-state index is 0. The molecule has 184 valence electrons. The second-order valence-electron chi connectivity index (χ2n) is 7.11. The van der Waals surface area contributed by atoms with Gasteiger partial charge in [-0.3, -0.25) is 4.98 Å². The largest absolute Gasteiger partial charge is 3.00 e. The van der Waals surface area contributed by atoms with E-state index in [9.17, 15) is 5.41 Å². The first-order chi connectivity index (χ1) is 20.6. The molecule has 0 spiro atoms. The predicted molar refractivity (Wildman–Crippen MR) is 151 cm³/mol. The first kappa shape index (κ1) is 18.6. The van der Waals surface area contributed by atoms with Crippen LogP contribution in [0.25, 0.3) is 27.3 Å². The molecule has 36 heavy (non-hydrogen) atoms. The van der Waals surface area contributed by atoms with E-state index in [1.807, 2.05) is 19.1 Å². The van der Waals surface area contributed by atoms with Crippen LogP contribution in [0.15, 0.2) is 115 Å². The smallest absolute Gasteiger partial charge is 0.855 e. The van der Waals surface area contributed by atoms with Gasteiger partial charge in [-0.15, -0.1) is 29.8 Å². The van der Waals surface area contributed by atoms with Crippen molar-refractivity contribution in [3.8, 4) is 0 Å². The number of hydrogen-bond acceptors (Lipinski definition) is 2. The van der Waals surface area contributed by atoms with Crippen LogP contribution in [-0.4, -0.2) is 10.7 Å². The number of fused-ring (bicyclic) bond motifs is 3. The molecule has 0 saturated carbocycles. The van der Waals surface area contributed by atoms with Crippen LogP contribution in [0.4, 0.5) is 0 Å². The normalized spacial score (nSPS) is 15.3. The summed E-state index contributed by atoms with van der Waals surface area (Å²) in [5, 5.41) is 10.8. The van der Waals surface area contributed by atoms with E-state index >= 15 is 0 Å². The van der Waals surface area contributed by atoms with Crippen LogP contribution in [0, 0.1) is 19.1 Å². The Morgan fingerprint density at radius 2 is 2.06 bits per heavy atom. The quantitative estimate of drug-likeness (QED) is 0.118. The van der Waals surface area contributed by atoms with Crippen molar-refractivity contribution in [1.82, 2.24) is 4.98 Å². The third-order valence-corrected chi connectivity index (χ3v) is 4.35. The summed E-state index contributed by atoms with van der Waals surface area (Å²) in [7, 11) is 0. The Hall–Kier alpha value is -3.59. The molecule has 4 heteroatoms. The standard InChI is InChI=1S/C20H17NO.C6H7N.C6H7.Ir/c1-4-5-11-17(21)15-9-6-10-16-19-14(13(2)3)8-7-12-18(19)22-20(15)16;1-6-2-4-7-5-3-6;1-3-5-6-4-2;/h4-8,10-13H,1H2,2-3H3;2-5H,1H3;3-5H,1-2H2;/q-2;;-1;+3/b11-5-;;;/i1D,4D,5D,7D,8D,10D,11D,12D,13D;;;/b4-1?,11-5-;;;. The molecule has 4 rings (SSSR count). The van der Waals surface area contributed by atoms with E-state index in [0.29, 0.717) is 6.55 Å². The van der Waals surface area contributed by atoms with Crippen LogP contribution in [0.3, 0.4) is 0 Å². The molecule has 0 atom stereocenters. The summed E-state index contributed by atoms with van der Waals surface area (Å²) < 4.78 is 77.4. The molecule has 0 radical (unpaired) electrons. The van der Waals surface area contributed by atoms with Crippen LogP contribution in [0.1, 0.15) is 48.8 Å². The summed E-state index contributed by atoms with van der Waals surface area (Å²) in [5.74, 6) is -1.37. The third kappa shape index (κ3) is 8.57. The van der Waals surface area contributed by atoms with Gasteiger partial charge < -0.3 is 9.83 Å². The molecule has 2 heterocycles. The molecule has 3 nitrogen and oxygen atoms in total. The minimum atomic E-state index is -1.37. The van der Waals surface area contributed by atoms with Gasteiger partial charge in [0, 0.05) is 26.1 Å². The summed E-state index contributed by atoms with van der Waals surface area (Å²) in [6, 6.07) is 4.34. The third-order valence-electron chi connectivity index (χ3n) is 4.35. The Balaban J connectivity index is 0.000000601. The summed E-state index contributed by atoms with van der Waals surface area (Å²) in [6.07, 6.45) is 11.2. The molecular formula is C32H31IrN2O. The Bertz CT molecular complexity index is 1780. The monoisotopic (exact) mass is 661 g/mol. The molecule has 0 N–H and O–H groups in total. The SMILES string of the molecule is C=C[C-]=CC=C.Cc1ccncc1.[2H]C=C([2H])/C([2H])=C(/[2H])C(=[N-])c1[c-]cc([2H])c2c1oc1c([2H])c([2H])c([2H])c(C([2H])(C)C)c12.[Ir+3]. The Morgan fingerprint density at radius 3 is 2.61 bits per heavy atom. The maximum Gasteiger partial charge on any atom is 3.00 e. The van der Waals surface area contributed by atoms with Gasteiger partial charge in [-0.1, -0.05) is 50.0 Å². The van der Waals surface area contributed by atoms with E-state index in [4.69, 9.17) is 16.8 Å². The van der Waals surface area contributed by atoms with Gasteiger partial charge in [-0.2, -0.15) is 37.5 Å². The van der Waals surface area contributed by atoms with Crippen LogP contribution in [0.2, 0.25) is 0 Å². The maximum atomic E-state index is 10.6. The number of furan rings is 1.